The zero-order valence-electron chi connectivity index (χ0n) is 14.8. The summed E-state index contributed by atoms with van der Waals surface area (Å²) in [5.74, 6) is 2.44. The predicted molar refractivity (Wildman–Crippen MR) is 95.1 cm³/mol. The van der Waals surface area contributed by atoms with E-state index in [2.05, 4.69) is 0 Å². The van der Waals surface area contributed by atoms with Gasteiger partial charge in [0.05, 0.1) is 13.2 Å². The van der Waals surface area contributed by atoms with Crippen LogP contribution in [0.1, 0.15) is 30.5 Å². The molecule has 0 N–H and O–H groups in total. The van der Waals surface area contributed by atoms with Crippen LogP contribution in [0.2, 0.25) is 0 Å². The first-order valence-electron chi connectivity index (χ1n) is 8.36. The minimum atomic E-state index is 0.00941. The summed E-state index contributed by atoms with van der Waals surface area (Å²) in [5, 5.41) is 0. The van der Waals surface area contributed by atoms with Gasteiger partial charge in [-0.2, -0.15) is 0 Å². The van der Waals surface area contributed by atoms with Gasteiger partial charge in [0.1, 0.15) is 5.75 Å². The molecule has 25 heavy (non-hydrogen) atoms. The first kappa shape index (κ1) is 17.1. The molecular formula is C20H23NO4. The number of benzene rings is 2. The first-order valence-corrected chi connectivity index (χ1v) is 8.36. The number of methoxy groups -OCH3 is 1. The van der Waals surface area contributed by atoms with Crippen LogP contribution in [0.5, 0.6) is 17.2 Å². The lowest BCUT2D eigenvalue weighted by molar-refractivity contribution is -0.131. The number of fused-ring (bicyclic) bond motifs is 1. The summed E-state index contributed by atoms with van der Waals surface area (Å²) in [6.07, 6.45) is 1.13. The second-order valence-corrected chi connectivity index (χ2v) is 6.14. The van der Waals surface area contributed by atoms with Crippen LogP contribution in [0.25, 0.3) is 0 Å². The van der Waals surface area contributed by atoms with Gasteiger partial charge in [0, 0.05) is 13.5 Å². The van der Waals surface area contributed by atoms with Crippen LogP contribution >= 0.6 is 0 Å². The van der Waals surface area contributed by atoms with Crippen molar-refractivity contribution < 1.29 is 19.0 Å². The van der Waals surface area contributed by atoms with E-state index in [4.69, 9.17) is 14.2 Å². The Bertz CT molecular complexity index is 742. The van der Waals surface area contributed by atoms with Crippen molar-refractivity contribution >= 4 is 5.91 Å². The molecule has 5 nitrogen and oxygen atoms in total. The molecule has 1 atom stereocenters. The van der Waals surface area contributed by atoms with Crippen LogP contribution in [0, 0.1) is 0 Å². The van der Waals surface area contributed by atoms with Gasteiger partial charge in [0.25, 0.3) is 0 Å². The third-order valence-electron chi connectivity index (χ3n) is 4.64. The summed E-state index contributed by atoms with van der Waals surface area (Å²) in [6, 6.07) is 13.6. The number of amides is 1. The van der Waals surface area contributed by atoms with Crippen molar-refractivity contribution in [2.75, 3.05) is 21.0 Å². The lowest BCUT2D eigenvalue weighted by Crippen LogP contribution is -2.29. The van der Waals surface area contributed by atoms with E-state index in [0.29, 0.717) is 12.8 Å². The third kappa shape index (κ3) is 3.87. The summed E-state index contributed by atoms with van der Waals surface area (Å²) < 4.78 is 15.9. The molecule has 1 aliphatic rings. The summed E-state index contributed by atoms with van der Waals surface area (Å²) >= 11 is 0. The van der Waals surface area contributed by atoms with Crippen LogP contribution in [0.3, 0.4) is 0 Å². The van der Waals surface area contributed by atoms with E-state index in [1.807, 2.05) is 56.4 Å². The minimum Gasteiger partial charge on any atom is -0.497 e. The maximum absolute atomic E-state index is 12.5. The van der Waals surface area contributed by atoms with Crippen LogP contribution in [0.15, 0.2) is 42.5 Å². The van der Waals surface area contributed by atoms with E-state index in [0.717, 1.165) is 28.4 Å². The Kier molecular flexibility index (Phi) is 5.12. The van der Waals surface area contributed by atoms with Crippen molar-refractivity contribution in [2.45, 2.75) is 25.8 Å². The van der Waals surface area contributed by atoms with Crippen LogP contribution in [0.4, 0.5) is 0 Å². The third-order valence-corrected chi connectivity index (χ3v) is 4.64. The molecule has 1 aliphatic heterocycles. The number of carbonyl (C=O) groups is 1. The highest BCUT2D eigenvalue weighted by Crippen LogP contribution is 2.33. The SMILES string of the molecule is COc1ccc([C@H](C)N(C)C(=O)CCc2ccc3c(c2)OCO3)cc1. The van der Waals surface area contributed by atoms with E-state index in [9.17, 15) is 4.79 Å². The molecule has 5 heteroatoms. The summed E-state index contributed by atoms with van der Waals surface area (Å²) in [6.45, 7) is 2.29. The smallest absolute Gasteiger partial charge is 0.231 e. The lowest BCUT2D eigenvalue weighted by Gasteiger charge is -2.25. The molecule has 1 heterocycles. The molecule has 0 fully saturated rings. The summed E-state index contributed by atoms with van der Waals surface area (Å²) in [4.78, 5) is 14.3. The van der Waals surface area contributed by atoms with Crippen LogP contribution < -0.4 is 14.2 Å². The number of rotatable bonds is 6. The Hall–Kier alpha value is -2.69. The largest absolute Gasteiger partial charge is 0.497 e. The molecule has 3 rings (SSSR count). The van der Waals surface area contributed by atoms with Crippen molar-refractivity contribution in [1.82, 2.24) is 4.90 Å². The van der Waals surface area contributed by atoms with Crippen molar-refractivity contribution in [3.63, 3.8) is 0 Å². The molecule has 0 radical (unpaired) electrons. The number of nitrogens with zero attached hydrogens (tertiary/aromatic N) is 1. The van der Waals surface area contributed by atoms with Crippen LogP contribution in [-0.2, 0) is 11.2 Å². The number of hydrogen-bond donors (Lipinski definition) is 0. The van der Waals surface area contributed by atoms with Gasteiger partial charge < -0.3 is 19.1 Å². The average molecular weight is 341 g/mol. The van der Waals surface area contributed by atoms with Gasteiger partial charge in [-0.05, 0) is 48.7 Å². The fourth-order valence-corrected chi connectivity index (χ4v) is 2.85. The maximum Gasteiger partial charge on any atom is 0.231 e. The molecule has 0 unspecified atom stereocenters. The van der Waals surface area contributed by atoms with Gasteiger partial charge in [-0.3, -0.25) is 4.79 Å². The zero-order valence-corrected chi connectivity index (χ0v) is 14.8. The fourth-order valence-electron chi connectivity index (χ4n) is 2.85. The van der Waals surface area contributed by atoms with Crippen molar-refractivity contribution in [2.24, 2.45) is 0 Å². The fraction of sp³-hybridized carbons (Fsp3) is 0.350. The Labute approximate surface area is 148 Å². The molecule has 0 aromatic heterocycles. The van der Waals surface area contributed by atoms with Gasteiger partial charge in [-0.15, -0.1) is 0 Å². The second kappa shape index (κ2) is 7.47. The van der Waals surface area contributed by atoms with E-state index < -0.39 is 0 Å². The molecule has 0 saturated heterocycles. The molecule has 0 aliphatic carbocycles. The zero-order chi connectivity index (χ0) is 17.8. The highest BCUT2D eigenvalue weighted by molar-refractivity contribution is 5.76. The Morgan fingerprint density at radius 1 is 1.16 bits per heavy atom. The molecule has 2 aromatic carbocycles. The van der Waals surface area contributed by atoms with E-state index >= 15 is 0 Å². The number of carbonyl (C=O) groups excluding carboxylic acids is 1. The number of ether oxygens (including phenoxy) is 3. The highest BCUT2D eigenvalue weighted by atomic mass is 16.7. The highest BCUT2D eigenvalue weighted by Gasteiger charge is 2.18. The van der Waals surface area contributed by atoms with Crippen molar-refractivity contribution in [3.8, 4) is 17.2 Å². The quantitative estimate of drug-likeness (QED) is 0.806. The molecule has 132 valence electrons. The van der Waals surface area contributed by atoms with E-state index in [-0.39, 0.29) is 18.7 Å². The van der Waals surface area contributed by atoms with Crippen LogP contribution in [-0.4, -0.2) is 31.8 Å². The number of aryl methyl sites for hydroxylation is 1. The van der Waals surface area contributed by atoms with Gasteiger partial charge in [-0.1, -0.05) is 18.2 Å². The van der Waals surface area contributed by atoms with Crippen molar-refractivity contribution in [3.05, 3.63) is 53.6 Å². The molecule has 0 spiro atoms. The molecule has 2 aromatic rings. The Morgan fingerprint density at radius 2 is 1.88 bits per heavy atom. The van der Waals surface area contributed by atoms with E-state index in [1.54, 1.807) is 12.0 Å². The number of hydrogen-bond acceptors (Lipinski definition) is 4. The van der Waals surface area contributed by atoms with Gasteiger partial charge >= 0.3 is 0 Å². The average Bonchev–Trinajstić information content (AvgIpc) is 3.12. The molecule has 1 amide bonds. The van der Waals surface area contributed by atoms with E-state index in [1.165, 1.54) is 0 Å². The summed E-state index contributed by atoms with van der Waals surface area (Å²) in [5.41, 5.74) is 2.16. The topological polar surface area (TPSA) is 48.0 Å². The van der Waals surface area contributed by atoms with Gasteiger partial charge in [0.2, 0.25) is 12.7 Å². The summed E-state index contributed by atoms with van der Waals surface area (Å²) in [7, 11) is 3.49. The maximum atomic E-state index is 12.5. The lowest BCUT2D eigenvalue weighted by atomic mass is 10.1. The predicted octanol–water partition coefficient (Wildman–Crippen LogP) is 3.58. The van der Waals surface area contributed by atoms with Crippen molar-refractivity contribution in [1.29, 1.82) is 0 Å². The monoisotopic (exact) mass is 341 g/mol. The molecule has 0 bridgehead atoms. The Balaban J connectivity index is 1.58. The normalized spacial score (nSPS) is 13.4. The standard InChI is InChI=1S/C20H23NO4/c1-14(16-6-8-17(23-3)9-7-16)21(2)20(22)11-5-15-4-10-18-19(12-15)25-13-24-18/h4,6-10,12,14H,5,11,13H2,1-3H3/t14-/m0/s1. The molecular weight excluding hydrogens is 318 g/mol. The second-order valence-electron chi connectivity index (χ2n) is 6.14. The molecule has 0 saturated carbocycles. The Morgan fingerprint density at radius 3 is 2.60 bits per heavy atom. The van der Waals surface area contributed by atoms with Gasteiger partial charge in [-0.25, -0.2) is 0 Å². The minimum absolute atomic E-state index is 0.00941. The first-order chi connectivity index (χ1) is 12.1. The van der Waals surface area contributed by atoms with Gasteiger partial charge in [0.15, 0.2) is 11.5 Å².